The maximum Gasteiger partial charge on any atom is 0.308 e. The third-order valence-corrected chi connectivity index (χ3v) is 2.68. The van der Waals surface area contributed by atoms with Gasteiger partial charge in [-0.2, -0.15) is 0 Å². The van der Waals surface area contributed by atoms with Crippen LogP contribution in [0.5, 0.6) is 0 Å². The Morgan fingerprint density at radius 3 is 2.71 bits per heavy atom. The number of halogens is 1. The van der Waals surface area contributed by atoms with E-state index in [1.807, 2.05) is 0 Å². The molecule has 0 saturated carbocycles. The van der Waals surface area contributed by atoms with Crippen molar-refractivity contribution in [3.05, 3.63) is 28.8 Å². The van der Waals surface area contributed by atoms with Crippen molar-refractivity contribution in [1.82, 2.24) is 0 Å². The molecule has 1 rings (SSSR count). The number of hydrogen-bond donors (Lipinski definition) is 3. The summed E-state index contributed by atoms with van der Waals surface area (Å²) in [7, 11) is 1.20. The highest BCUT2D eigenvalue weighted by Crippen LogP contribution is 2.31. The first-order chi connectivity index (χ1) is 7.97. The first-order valence-corrected chi connectivity index (χ1v) is 5.32. The minimum absolute atomic E-state index is 0.213. The quantitative estimate of drug-likeness (QED) is 0.551. The second kappa shape index (κ2) is 5.86. The van der Waals surface area contributed by atoms with Gasteiger partial charge in [-0.05, 0) is 12.1 Å². The molecule has 0 radical (unpaired) electrons. The van der Waals surface area contributed by atoms with Crippen LogP contribution in [0, 0.1) is 0 Å². The second-order valence-corrected chi connectivity index (χ2v) is 3.94. The zero-order valence-corrected chi connectivity index (χ0v) is 10.0. The number of anilines is 1. The molecule has 2 unspecified atom stereocenters. The van der Waals surface area contributed by atoms with E-state index >= 15 is 0 Å². The molecular formula is C11H14ClNO4. The topological polar surface area (TPSA) is 92.8 Å². The van der Waals surface area contributed by atoms with Gasteiger partial charge < -0.3 is 20.7 Å². The van der Waals surface area contributed by atoms with Gasteiger partial charge in [0.25, 0.3) is 0 Å². The molecule has 1 aromatic carbocycles. The molecule has 0 aliphatic carbocycles. The number of methoxy groups -OCH3 is 1. The number of rotatable bonds is 4. The Morgan fingerprint density at radius 1 is 1.53 bits per heavy atom. The third kappa shape index (κ3) is 3.33. The van der Waals surface area contributed by atoms with Crippen molar-refractivity contribution in [3.63, 3.8) is 0 Å². The Bertz CT molecular complexity index is 390. The van der Waals surface area contributed by atoms with E-state index in [1.54, 1.807) is 18.2 Å². The highest BCUT2D eigenvalue weighted by atomic mass is 35.5. The van der Waals surface area contributed by atoms with Crippen molar-refractivity contribution < 1.29 is 19.7 Å². The zero-order chi connectivity index (χ0) is 13.0. The van der Waals surface area contributed by atoms with Gasteiger partial charge in [0.1, 0.15) is 6.10 Å². The number of hydrogen-bond acceptors (Lipinski definition) is 5. The summed E-state index contributed by atoms with van der Waals surface area (Å²) < 4.78 is 4.39. The summed E-state index contributed by atoms with van der Waals surface area (Å²) in [5.41, 5.74) is 6.12. The summed E-state index contributed by atoms with van der Waals surface area (Å²) in [6.45, 7) is 0. The number of carbonyl (C=O) groups excluding carboxylic acids is 1. The summed E-state index contributed by atoms with van der Waals surface area (Å²) >= 11 is 5.87. The lowest BCUT2D eigenvalue weighted by atomic mass is 10.0. The lowest BCUT2D eigenvalue weighted by Crippen LogP contribution is -2.23. The molecule has 0 heterocycles. The number of aliphatic hydroxyl groups excluding tert-OH is 2. The molecule has 0 fully saturated rings. The molecule has 0 saturated heterocycles. The van der Waals surface area contributed by atoms with Gasteiger partial charge in [0, 0.05) is 16.3 Å². The molecule has 0 aliphatic heterocycles. The van der Waals surface area contributed by atoms with Crippen molar-refractivity contribution in [2.45, 2.75) is 18.6 Å². The lowest BCUT2D eigenvalue weighted by Gasteiger charge is -2.19. The number of nitrogens with two attached hydrogens (primary N) is 1. The fourth-order valence-electron chi connectivity index (χ4n) is 1.42. The van der Waals surface area contributed by atoms with Crippen molar-refractivity contribution in [1.29, 1.82) is 0 Å². The van der Waals surface area contributed by atoms with E-state index in [9.17, 15) is 15.0 Å². The van der Waals surface area contributed by atoms with Gasteiger partial charge in [-0.25, -0.2) is 0 Å². The van der Waals surface area contributed by atoms with E-state index < -0.39 is 18.2 Å². The summed E-state index contributed by atoms with van der Waals surface area (Å²) in [5, 5.41) is 19.8. The fourth-order valence-corrected chi connectivity index (χ4v) is 1.72. The van der Waals surface area contributed by atoms with Gasteiger partial charge in [-0.15, -0.1) is 0 Å². The van der Waals surface area contributed by atoms with Crippen LogP contribution >= 0.6 is 11.6 Å². The SMILES string of the molecule is COC(=O)CC(O)C(O)c1c(N)cccc1Cl. The number of benzene rings is 1. The van der Waals surface area contributed by atoms with Crippen LogP contribution in [0.3, 0.4) is 0 Å². The molecule has 2 atom stereocenters. The molecule has 0 aliphatic rings. The standard InChI is InChI=1S/C11H14ClNO4/c1-17-9(15)5-8(14)11(16)10-6(12)3-2-4-7(10)13/h2-4,8,11,14,16H,5,13H2,1H3. The van der Waals surface area contributed by atoms with Crippen LogP contribution in [0.4, 0.5) is 5.69 Å². The normalized spacial score (nSPS) is 14.1. The number of ether oxygens (including phenoxy) is 1. The maximum absolute atomic E-state index is 11.0. The largest absolute Gasteiger partial charge is 0.469 e. The maximum atomic E-state index is 11.0. The first-order valence-electron chi connectivity index (χ1n) is 4.94. The average molecular weight is 260 g/mol. The van der Waals surface area contributed by atoms with Crippen molar-refractivity contribution in [2.75, 3.05) is 12.8 Å². The van der Waals surface area contributed by atoms with Crippen molar-refractivity contribution in [2.24, 2.45) is 0 Å². The fraction of sp³-hybridized carbons (Fsp3) is 0.364. The zero-order valence-electron chi connectivity index (χ0n) is 9.26. The molecule has 0 amide bonds. The average Bonchev–Trinajstić information content (AvgIpc) is 2.28. The van der Waals surface area contributed by atoms with Gasteiger partial charge in [-0.1, -0.05) is 17.7 Å². The van der Waals surface area contributed by atoms with Crippen molar-refractivity contribution in [3.8, 4) is 0 Å². The van der Waals surface area contributed by atoms with Gasteiger partial charge in [0.05, 0.1) is 19.6 Å². The summed E-state index contributed by atoms with van der Waals surface area (Å²) in [4.78, 5) is 11.0. The Hall–Kier alpha value is -1.30. The molecule has 6 heteroatoms. The van der Waals surface area contributed by atoms with Crippen LogP contribution in [0.15, 0.2) is 18.2 Å². The molecule has 0 spiro atoms. The first kappa shape index (κ1) is 13.8. The highest BCUT2D eigenvalue weighted by molar-refractivity contribution is 6.31. The molecule has 0 aromatic heterocycles. The Balaban J connectivity index is 2.88. The lowest BCUT2D eigenvalue weighted by molar-refractivity contribution is -0.144. The van der Waals surface area contributed by atoms with E-state index in [-0.39, 0.29) is 22.7 Å². The predicted octanol–water partition coefficient (Wildman–Crippen LogP) is 0.880. The van der Waals surface area contributed by atoms with E-state index in [0.717, 1.165) is 0 Å². The van der Waals surface area contributed by atoms with Crippen LogP contribution in [-0.2, 0) is 9.53 Å². The van der Waals surface area contributed by atoms with Crippen molar-refractivity contribution >= 4 is 23.3 Å². The van der Waals surface area contributed by atoms with Crippen LogP contribution in [0.25, 0.3) is 0 Å². The van der Waals surface area contributed by atoms with Crippen LogP contribution < -0.4 is 5.73 Å². The third-order valence-electron chi connectivity index (χ3n) is 2.35. The Kier molecular flexibility index (Phi) is 4.74. The van der Waals surface area contributed by atoms with E-state index in [2.05, 4.69) is 4.74 Å². The highest BCUT2D eigenvalue weighted by Gasteiger charge is 2.25. The van der Waals surface area contributed by atoms with Gasteiger partial charge in [0.15, 0.2) is 0 Å². The predicted molar refractivity (Wildman–Crippen MR) is 63.5 cm³/mol. The summed E-state index contributed by atoms with van der Waals surface area (Å²) in [6.07, 6.45) is -2.98. The smallest absolute Gasteiger partial charge is 0.308 e. The molecule has 1 aromatic rings. The minimum Gasteiger partial charge on any atom is -0.469 e. The van der Waals surface area contributed by atoms with Crippen LogP contribution in [0.2, 0.25) is 5.02 Å². The van der Waals surface area contributed by atoms with Gasteiger partial charge in [0.2, 0.25) is 0 Å². The number of nitrogen functional groups attached to an aromatic ring is 1. The summed E-state index contributed by atoms with van der Waals surface area (Å²) in [6, 6.07) is 4.72. The molecular weight excluding hydrogens is 246 g/mol. The molecule has 0 bridgehead atoms. The number of aliphatic hydroxyl groups is 2. The second-order valence-electron chi connectivity index (χ2n) is 3.54. The van der Waals surface area contributed by atoms with Crippen LogP contribution in [0.1, 0.15) is 18.1 Å². The Labute approximate surface area is 104 Å². The summed E-state index contributed by atoms with van der Waals surface area (Å²) in [5.74, 6) is -0.623. The van der Waals surface area contributed by atoms with Gasteiger partial charge in [-0.3, -0.25) is 4.79 Å². The number of carbonyl (C=O) groups is 1. The van der Waals surface area contributed by atoms with E-state index in [0.29, 0.717) is 0 Å². The van der Waals surface area contributed by atoms with Gasteiger partial charge >= 0.3 is 5.97 Å². The Morgan fingerprint density at radius 2 is 2.18 bits per heavy atom. The molecule has 94 valence electrons. The van der Waals surface area contributed by atoms with Crippen LogP contribution in [-0.4, -0.2) is 29.4 Å². The minimum atomic E-state index is -1.33. The molecule has 5 nitrogen and oxygen atoms in total. The van der Waals surface area contributed by atoms with E-state index in [4.69, 9.17) is 17.3 Å². The molecule has 4 N–H and O–H groups in total. The molecule has 17 heavy (non-hydrogen) atoms. The monoisotopic (exact) mass is 259 g/mol. The number of esters is 1. The van der Waals surface area contributed by atoms with E-state index in [1.165, 1.54) is 7.11 Å².